The van der Waals surface area contributed by atoms with Crippen molar-refractivity contribution < 1.29 is 4.42 Å². The van der Waals surface area contributed by atoms with Gasteiger partial charge in [-0.1, -0.05) is 158 Å². The van der Waals surface area contributed by atoms with Gasteiger partial charge in [-0.3, -0.25) is 0 Å². The number of hydrogen-bond donors (Lipinski definition) is 0. The number of thiophene rings is 1. The van der Waals surface area contributed by atoms with Gasteiger partial charge in [0.1, 0.15) is 11.2 Å². The second kappa shape index (κ2) is 15.2. The van der Waals surface area contributed by atoms with Crippen molar-refractivity contribution in [1.82, 2.24) is 24.1 Å². The van der Waals surface area contributed by atoms with E-state index < -0.39 is 0 Å². The predicted octanol–water partition coefficient (Wildman–Crippen LogP) is 17.0. The van der Waals surface area contributed by atoms with Gasteiger partial charge < -0.3 is 13.6 Å². The second-order valence-electron chi connectivity index (χ2n) is 17.9. The molecule has 0 unspecified atom stereocenters. The maximum atomic E-state index is 6.66. The molecule has 15 rings (SSSR count). The molecule has 0 atom stereocenters. The highest BCUT2D eigenvalue weighted by atomic mass is 32.1. The monoisotopic (exact) mass is 911 g/mol. The highest BCUT2D eigenvalue weighted by Gasteiger charge is 2.22. The summed E-state index contributed by atoms with van der Waals surface area (Å²) in [6.45, 7) is 0. The molecule has 0 bridgehead atoms. The number of furan rings is 1. The first-order valence-electron chi connectivity index (χ1n) is 23.5. The van der Waals surface area contributed by atoms with Gasteiger partial charge in [0, 0.05) is 70.2 Å². The zero-order valence-corrected chi connectivity index (χ0v) is 38.2. The molecule has 0 N–H and O–H groups in total. The molecule has 0 saturated carbocycles. The lowest BCUT2D eigenvalue weighted by Gasteiger charge is -2.12. The fraction of sp³-hybridized carbons (Fsp3) is 0. The van der Waals surface area contributed by atoms with Crippen molar-refractivity contribution in [3.8, 4) is 56.7 Å². The van der Waals surface area contributed by atoms with E-state index >= 15 is 0 Å². The maximum Gasteiger partial charge on any atom is 0.164 e. The summed E-state index contributed by atoms with van der Waals surface area (Å²) in [6.07, 6.45) is 0. The van der Waals surface area contributed by atoms with Crippen LogP contribution < -0.4 is 0 Å². The molecule has 326 valence electrons. The van der Waals surface area contributed by atoms with Crippen molar-refractivity contribution in [2.75, 3.05) is 0 Å². The fourth-order valence-corrected chi connectivity index (χ4v) is 12.2. The smallest absolute Gasteiger partial charge is 0.164 e. The third kappa shape index (κ3) is 5.82. The largest absolute Gasteiger partial charge is 0.456 e. The second-order valence-corrected chi connectivity index (χ2v) is 18.9. The Labute approximate surface area is 404 Å². The molecule has 0 amide bonds. The number of aromatic nitrogens is 5. The lowest BCUT2D eigenvalue weighted by Crippen LogP contribution is -2.01. The maximum absolute atomic E-state index is 6.66. The predicted molar refractivity (Wildman–Crippen MR) is 290 cm³/mol. The molecule has 70 heavy (non-hydrogen) atoms. The molecule has 0 saturated heterocycles. The Morgan fingerprint density at radius 3 is 1.61 bits per heavy atom. The molecular weight excluding hydrogens is 875 g/mol. The molecule has 7 heteroatoms. The molecule has 5 heterocycles. The van der Waals surface area contributed by atoms with E-state index in [2.05, 4.69) is 203 Å². The summed E-state index contributed by atoms with van der Waals surface area (Å²) in [5, 5.41) is 9.39. The highest BCUT2D eigenvalue weighted by molar-refractivity contribution is 7.26. The number of fused-ring (bicyclic) bond motifs is 12. The van der Waals surface area contributed by atoms with Crippen LogP contribution in [0.2, 0.25) is 0 Å². The van der Waals surface area contributed by atoms with Crippen LogP contribution in [0.1, 0.15) is 0 Å². The summed E-state index contributed by atoms with van der Waals surface area (Å²) >= 11 is 1.86. The van der Waals surface area contributed by atoms with Gasteiger partial charge in [0.25, 0.3) is 0 Å². The van der Waals surface area contributed by atoms with E-state index in [1.165, 1.54) is 64.0 Å². The van der Waals surface area contributed by atoms with Crippen molar-refractivity contribution >= 4 is 97.1 Å². The van der Waals surface area contributed by atoms with Crippen LogP contribution in [-0.4, -0.2) is 24.1 Å². The first-order valence-corrected chi connectivity index (χ1v) is 24.3. The average Bonchev–Trinajstić information content (AvgIpc) is 4.19. The van der Waals surface area contributed by atoms with Crippen LogP contribution in [0, 0.1) is 0 Å². The van der Waals surface area contributed by atoms with E-state index in [-0.39, 0.29) is 0 Å². The topological polar surface area (TPSA) is 61.7 Å². The summed E-state index contributed by atoms with van der Waals surface area (Å²) in [7, 11) is 0. The Hall–Kier alpha value is -9.17. The van der Waals surface area contributed by atoms with E-state index in [4.69, 9.17) is 19.4 Å². The number of nitrogens with zero attached hydrogens (tertiary/aromatic N) is 5. The average molecular weight is 912 g/mol. The third-order valence-corrected chi connectivity index (χ3v) is 15.2. The van der Waals surface area contributed by atoms with Crippen LogP contribution >= 0.6 is 11.3 Å². The molecule has 0 fully saturated rings. The molecule has 0 radical (unpaired) electrons. The zero-order valence-electron chi connectivity index (χ0n) is 37.4. The quantitative estimate of drug-likeness (QED) is 0.167. The van der Waals surface area contributed by atoms with Crippen molar-refractivity contribution in [3.05, 3.63) is 224 Å². The van der Waals surface area contributed by atoms with E-state index in [0.717, 1.165) is 60.9 Å². The summed E-state index contributed by atoms with van der Waals surface area (Å²) in [5.74, 6) is 1.77. The summed E-state index contributed by atoms with van der Waals surface area (Å²) in [5.41, 5.74) is 13.5. The minimum Gasteiger partial charge on any atom is -0.456 e. The van der Waals surface area contributed by atoms with E-state index in [1.807, 2.05) is 41.7 Å². The third-order valence-electron chi connectivity index (χ3n) is 14.0. The molecule has 0 aliphatic heterocycles. The van der Waals surface area contributed by atoms with Crippen LogP contribution in [0.3, 0.4) is 0 Å². The van der Waals surface area contributed by atoms with Crippen molar-refractivity contribution in [1.29, 1.82) is 0 Å². The van der Waals surface area contributed by atoms with Crippen LogP contribution in [0.5, 0.6) is 0 Å². The summed E-state index contributed by atoms with van der Waals surface area (Å²) in [4.78, 5) is 15.7. The van der Waals surface area contributed by atoms with Gasteiger partial charge in [-0.2, -0.15) is 0 Å². The van der Waals surface area contributed by atoms with E-state index in [1.54, 1.807) is 0 Å². The fourth-order valence-electron chi connectivity index (χ4n) is 10.9. The molecule has 5 aromatic heterocycles. The van der Waals surface area contributed by atoms with Gasteiger partial charge in [0.05, 0.1) is 32.5 Å². The summed E-state index contributed by atoms with van der Waals surface area (Å²) in [6, 6.07) is 79.5. The Kier molecular flexibility index (Phi) is 8.43. The van der Waals surface area contributed by atoms with Gasteiger partial charge >= 0.3 is 0 Å². The lowest BCUT2D eigenvalue weighted by atomic mass is 9.97. The van der Waals surface area contributed by atoms with Crippen LogP contribution in [0.15, 0.2) is 229 Å². The Morgan fingerprint density at radius 1 is 0.343 bits per heavy atom. The number of benzene rings is 10. The van der Waals surface area contributed by atoms with Crippen LogP contribution in [0.4, 0.5) is 0 Å². The lowest BCUT2D eigenvalue weighted by molar-refractivity contribution is 0.669. The zero-order chi connectivity index (χ0) is 45.9. The molecule has 0 aliphatic carbocycles. The highest BCUT2D eigenvalue weighted by Crippen LogP contribution is 2.46. The van der Waals surface area contributed by atoms with Crippen molar-refractivity contribution in [2.45, 2.75) is 0 Å². The van der Waals surface area contributed by atoms with E-state index in [0.29, 0.717) is 17.5 Å². The van der Waals surface area contributed by atoms with Crippen LogP contribution in [-0.2, 0) is 0 Å². The molecule has 0 spiro atoms. The Morgan fingerprint density at radius 2 is 0.900 bits per heavy atom. The van der Waals surface area contributed by atoms with Gasteiger partial charge in [-0.15, -0.1) is 11.3 Å². The van der Waals surface area contributed by atoms with E-state index in [9.17, 15) is 0 Å². The number of hydrogen-bond acceptors (Lipinski definition) is 5. The Balaban J connectivity index is 0.904. The van der Waals surface area contributed by atoms with Crippen LogP contribution in [0.25, 0.3) is 142 Å². The molecule has 6 nitrogen and oxygen atoms in total. The van der Waals surface area contributed by atoms with Gasteiger partial charge in [0.2, 0.25) is 0 Å². The minimum atomic E-state index is 0.577. The number of rotatable bonds is 6. The SMILES string of the molecule is c1ccc(-c2nc(-c3cccc(-n4c5ccccc5c5ccccc54)c3)nc(-c3cccc4oc5ccc(-c6cccc7sc8c(-n9c%10ccccc%10c%10ccccc%109)cccc8c67)cc5c34)n2)cc1. The number of para-hydroxylation sites is 4. The molecule has 15 aromatic rings. The van der Waals surface area contributed by atoms with Gasteiger partial charge in [-0.25, -0.2) is 15.0 Å². The molecule has 0 aliphatic rings. The normalized spacial score (nSPS) is 12.0. The van der Waals surface area contributed by atoms with Gasteiger partial charge in [-0.05, 0) is 77.9 Å². The standard InChI is InChI=1S/C63H37N5OS/c1-2-16-38(17-3-1)61-64-62(40-18-12-19-41(36-40)67-50-27-8-4-20-43(50)44-21-5-9-28-51(44)67)66-63(65-61)48-26-14-32-56-58(48)49-37-39(34-35-55(49)69-56)42-24-15-33-57-59(42)47-25-13-31-54(60(47)70-57)68-52-29-10-6-22-45(52)46-23-7-11-30-53(46)68/h1-37H. The first kappa shape index (κ1) is 38.9. The molecule has 10 aromatic carbocycles. The first-order chi connectivity index (χ1) is 34.7. The van der Waals surface area contributed by atoms with Gasteiger partial charge in [0.15, 0.2) is 17.5 Å². The minimum absolute atomic E-state index is 0.577. The summed E-state index contributed by atoms with van der Waals surface area (Å²) < 4.78 is 13.9. The molecular formula is C63H37N5OS. The Bertz CT molecular complexity index is 4510. The van der Waals surface area contributed by atoms with Crippen molar-refractivity contribution in [3.63, 3.8) is 0 Å². The van der Waals surface area contributed by atoms with Crippen molar-refractivity contribution in [2.24, 2.45) is 0 Å².